The van der Waals surface area contributed by atoms with E-state index in [1.807, 2.05) is 60.7 Å². The van der Waals surface area contributed by atoms with Gasteiger partial charge in [-0.15, -0.1) is 0 Å². The first-order valence-corrected chi connectivity index (χ1v) is 11.8. The van der Waals surface area contributed by atoms with Crippen LogP contribution in [0.15, 0.2) is 84.9 Å². The maximum Gasteiger partial charge on any atom is 0.150 e. The standard InChI is InChI=1S/C29H31FN2O2/c1-3-32(4-2)24-15-13-23(14-16-24)27-18-17-26-28(31-27)11-8-12-29(26)34-25(19-30)21-33-20-22-9-6-5-7-10-22/h5-18,25H,3-4,19-21H2,1-2H3. The Morgan fingerprint density at radius 1 is 0.853 bits per heavy atom. The summed E-state index contributed by atoms with van der Waals surface area (Å²) in [5, 5.41) is 0.854. The highest BCUT2D eigenvalue weighted by Crippen LogP contribution is 2.29. The van der Waals surface area contributed by atoms with Crippen LogP contribution in [0, 0.1) is 0 Å². The van der Waals surface area contributed by atoms with E-state index in [-0.39, 0.29) is 6.61 Å². The molecule has 34 heavy (non-hydrogen) atoms. The Morgan fingerprint density at radius 3 is 2.32 bits per heavy atom. The second kappa shape index (κ2) is 11.6. The number of halogens is 1. The molecule has 4 nitrogen and oxygen atoms in total. The Kier molecular flexibility index (Phi) is 8.10. The second-order valence-electron chi connectivity index (χ2n) is 8.13. The Bertz CT molecular complexity index is 1180. The number of alkyl halides is 1. The van der Waals surface area contributed by atoms with Crippen LogP contribution in [-0.4, -0.2) is 37.5 Å². The molecule has 0 fully saturated rings. The summed E-state index contributed by atoms with van der Waals surface area (Å²) in [6, 6.07) is 28.0. The summed E-state index contributed by atoms with van der Waals surface area (Å²) in [6.07, 6.45) is -0.679. The largest absolute Gasteiger partial charge is 0.485 e. The number of fused-ring (bicyclic) bond motifs is 1. The van der Waals surface area contributed by atoms with Crippen LogP contribution in [0.5, 0.6) is 5.75 Å². The van der Waals surface area contributed by atoms with Crippen molar-refractivity contribution in [2.45, 2.75) is 26.6 Å². The van der Waals surface area contributed by atoms with E-state index in [1.165, 1.54) is 5.69 Å². The van der Waals surface area contributed by atoms with Crippen LogP contribution in [0.2, 0.25) is 0 Å². The van der Waals surface area contributed by atoms with Crippen molar-refractivity contribution < 1.29 is 13.9 Å². The van der Waals surface area contributed by atoms with Crippen LogP contribution in [0.3, 0.4) is 0 Å². The molecule has 0 amide bonds. The van der Waals surface area contributed by atoms with Gasteiger partial charge in [-0.05, 0) is 55.8 Å². The van der Waals surface area contributed by atoms with Gasteiger partial charge >= 0.3 is 0 Å². The number of rotatable bonds is 11. The number of anilines is 1. The fourth-order valence-corrected chi connectivity index (χ4v) is 3.99. The van der Waals surface area contributed by atoms with Gasteiger partial charge in [-0.1, -0.05) is 48.5 Å². The van der Waals surface area contributed by atoms with Crippen molar-refractivity contribution in [2.75, 3.05) is 31.3 Å². The predicted molar refractivity (Wildman–Crippen MR) is 137 cm³/mol. The van der Waals surface area contributed by atoms with Gasteiger partial charge in [-0.25, -0.2) is 9.37 Å². The quantitative estimate of drug-likeness (QED) is 0.251. The molecular formula is C29H31FN2O2. The van der Waals surface area contributed by atoms with E-state index in [9.17, 15) is 4.39 Å². The molecule has 3 aromatic carbocycles. The van der Waals surface area contributed by atoms with Gasteiger partial charge in [0.1, 0.15) is 12.4 Å². The third-order valence-electron chi connectivity index (χ3n) is 5.86. The second-order valence-corrected chi connectivity index (χ2v) is 8.13. The zero-order chi connectivity index (χ0) is 23.8. The van der Waals surface area contributed by atoms with E-state index in [4.69, 9.17) is 14.5 Å². The smallest absolute Gasteiger partial charge is 0.150 e. The lowest BCUT2D eigenvalue weighted by Gasteiger charge is -2.21. The molecule has 1 unspecified atom stereocenters. The Balaban J connectivity index is 1.47. The molecule has 0 N–H and O–H groups in total. The first kappa shape index (κ1) is 23.7. The Hall–Kier alpha value is -3.44. The topological polar surface area (TPSA) is 34.6 Å². The number of ether oxygens (including phenoxy) is 2. The number of benzene rings is 3. The summed E-state index contributed by atoms with van der Waals surface area (Å²) in [5.41, 5.74) is 5.01. The van der Waals surface area contributed by atoms with E-state index in [0.29, 0.717) is 12.4 Å². The van der Waals surface area contributed by atoms with E-state index in [0.717, 1.165) is 40.8 Å². The van der Waals surface area contributed by atoms with Gasteiger partial charge in [0.2, 0.25) is 0 Å². The average Bonchev–Trinajstić information content (AvgIpc) is 2.89. The third kappa shape index (κ3) is 5.72. The SMILES string of the molecule is CCN(CC)c1ccc(-c2ccc3c(OC(CF)COCc4ccccc4)cccc3n2)cc1. The zero-order valence-electron chi connectivity index (χ0n) is 19.8. The molecule has 0 aliphatic carbocycles. The fourth-order valence-electron chi connectivity index (χ4n) is 3.99. The molecule has 1 aromatic heterocycles. The molecule has 0 saturated carbocycles. The zero-order valence-corrected chi connectivity index (χ0v) is 19.8. The lowest BCUT2D eigenvalue weighted by Crippen LogP contribution is -2.25. The third-order valence-corrected chi connectivity index (χ3v) is 5.86. The van der Waals surface area contributed by atoms with Crippen LogP contribution < -0.4 is 9.64 Å². The molecule has 5 heteroatoms. The number of pyridine rings is 1. The molecule has 4 aromatic rings. The van der Waals surface area contributed by atoms with Crippen LogP contribution in [0.25, 0.3) is 22.2 Å². The summed E-state index contributed by atoms with van der Waals surface area (Å²) in [5.74, 6) is 0.611. The van der Waals surface area contributed by atoms with Crippen molar-refractivity contribution in [1.29, 1.82) is 0 Å². The van der Waals surface area contributed by atoms with Crippen LogP contribution in [0.4, 0.5) is 10.1 Å². The van der Waals surface area contributed by atoms with Gasteiger partial charge < -0.3 is 14.4 Å². The minimum absolute atomic E-state index is 0.173. The van der Waals surface area contributed by atoms with Crippen molar-refractivity contribution in [1.82, 2.24) is 4.98 Å². The van der Waals surface area contributed by atoms with Gasteiger partial charge in [0.25, 0.3) is 0 Å². The highest BCUT2D eigenvalue weighted by Gasteiger charge is 2.14. The van der Waals surface area contributed by atoms with Crippen molar-refractivity contribution in [3.8, 4) is 17.0 Å². The molecule has 0 aliphatic rings. The van der Waals surface area contributed by atoms with Crippen LogP contribution in [-0.2, 0) is 11.3 Å². The van der Waals surface area contributed by atoms with E-state index in [1.54, 1.807) is 0 Å². The number of nitrogens with zero attached hydrogens (tertiary/aromatic N) is 2. The predicted octanol–water partition coefficient (Wildman–Crippen LogP) is 6.68. The number of aromatic nitrogens is 1. The van der Waals surface area contributed by atoms with Gasteiger partial charge in [0.15, 0.2) is 6.10 Å². The first-order valence-electron chi connectivity index (χ1n) is 11.8. The summed E-state index contributed by atoms with van der Waals surface area (Å²) in [6.45, 7) is 6.24. The summed E-state index contributed by atoms with van der Waals surface area (Å²) >= 11 is 0. The summed E-state index contributed by atoms with van der Waals surface area (Å²) in [4.78, 5) is 7.15. The minimum Gasteiger partial charge on any atom is -0.485 e. The van der Waals surface area contributed by atoms with Crippen molar-refractivity contribution in [3.63, 3.8) is 0 Å². The van der Waals surface area contributed by atoms with E-state index < -0.39 is 12.8 Å². The molecule has 0 spiro atoms. The van der Waals surface area contributed by atoms with E-state index >= 15 is 0 Å². The molecule has 0 aliphatic heterocycles. The van der Waals surface area contributed by atoms with Crippen LogP contribution in [0.1, 0.15) is 19.4 Å². The lowest BCUT2D eigenvalue weighted by atomic mass is 10.1. The molecule has 176 valence electrons. The molecular weight excluding hydrogens is 427 g/mol. The minimum atomic E-state index is -0.679. The number of hydrogen-bond acceptors (Lipinski definition) is 4. The summed E-state index contributed by atoms with van der Waals surface area (Å²) in [7, 11) is 0. The van der Waals surface area contributed by atoms with Gasteiger partial charge in [0.05, 0.1) is 24.4 Å². The van der Waals surface area contributed by atoms with Gasteiger partial charge in [-0.2, -0.15) is 0 Å². The highest BCUT2D eigenvalue weighted by molar-refractivity contribution is 5.87. The van der Waals surface area contributed by atoms with Gasteiger partial charge in [-0.3, -0.25) is 0 Å². The molecule has 1 atom stereocenters. The molecule has 0 radical (unpaired) electrons. The number of hydrogen-bond donors (Lipinski definition) is 0. The highest BCUT2D eigenvalue weighted by atomic mass is 19.1. The maximum absolute atomic E-state index is 13.7. The van der Waals surface area contributed by atoms with Gasteiger partial charge in [0, 0.05) is 29.7 Å². The van der Waals surface area contributed by atoms with E-state index in [2.05, 4.69) is 43.0 Å². The normalized spacial score (nSPS) is 12.0. The summed E-state index contributed by atoms with van der Waals surface area (Å²) < 4.78 is 25.3. The first-order chi connectivity index (χ1) is 16.7. The Labute approximate surface area is 201 Å². The fraction of sp³-hybridized carbons (Fsp3) is 0.276. The molecule has 4 rings (SSSR count). The molecule has 0 saturated heterocycles. The Morgan fingerprint density at radius 2 is 1.62 bits per heavy atom. The van der Waals surface area contributed by atoms with Crippen molar-refractivity contribution in [2.24, 2.45) is 0 Å². The van der Waals surface area contributed by atoms with Crippen molar-refractivity contribution >= 4 is 16.6 Å². The van der Waals surface area contributed by atoms with Crippen molar-refractivity contribution in [3.05, 3.63) is 90.5 Å². The average molecular weight is 459 g/mol. The monoisotopic (exact) mass is 458 g/mol. The maximum atomic E-state index is 13.7. The molecule has 0 bridgehead atoms. The van der Waals surface area contributed by atoms with Crippen LogP contribution >= 0.6 is 0 Å². The molecule has 1 heterocycles. The lowest BCUT2D eigenvalue weighted by molar-refractivity contribution is 0.0304.